The molecule has 2 N–H and O–H groups in total. The topological polar surface area (TPSA) is 60.2 Å². The Hall–Kier alpha value is -0.0900. The summed E-state index contributed by atoms with van der Waals surface area (Å²) in [6.07, 6.45) is 1.23. The molecule has 0 heterocycles. The Bertz CT molecular complexity index is 217. The van der Waals surface area contributed by atoms with E-state index in [1.54, 1.807) is 0 Å². The summed E-state index contributed by atoms with van der Waals surface area (Å²) in [5, 5.41) is 0. The zero-order chi connectivity index (χ0) is 9.28. The van der Waals surface area contributed by atoms with E-state index in [0.29, 0.717) is 0 Å². The molecule has 0 aromatic heterocycles. The van der Waals surface area contributed by atoms with Gasteiger partial charge in [-0.15, -0.1) is 0 Å². The van der Waals surface area contributed by atoms with E-state index in [2.05, 4.69) is 0 Å². The number of sulfone groups is 1. The monoisotopic (exact) mass is 179 g/mol. The van der Waals surface area contributed by atoms with E-state index in [1.165, 1.54) is 6.26 Å². The lowest BCUT2D eigenvalue weighted by Crippen LogP contribution is -2.39. The molecule has 11 heavy (non-hydrogen) atoms. The first kappa shape index (κ1) is 10.9. The van der Waals surface area contributed by atoms with E-state index in [9.17, 15) is 8.42 Å². The van der Waals surface area contributed by atoms with Crippen molar-refractivity contribution in [2.24, 2.45) is 11.1 Å². The summed E-state index contributed by atoms with van der Waals surface area (Å²) in [5.74, 6) is 0.150. The highest BCUT2D eigenvalue weighted by Gasteiger charge is 2.27. The average molecular weight is 179 g/mol. The molecule has 0 unspecified atom stereocenters. The van der Waals surface area contributed by atoms with E-state index in [0.717, 1.165) is 0 Å². The van der Waals surface area contributed by atoms with Crippen LogP contribution in [0.25, 0.3) is 0 Å². The van der Waals surface area contributed by atoms with E-state index >= 15 is 0 Å². The Kier molecular flexibility index (Phi) is 3.08. The number of hydrogen-bond donors (Lipinski definition) is 1. The second kappa shape index (κ2) is 3.11. The Labute approximate surface area is 68.9 Å². The molecule has 1 atom stereocenters. The zero-order valence-corrected chi connectivity index (χ0v) is 8.40. The number of rotatable bonds is 3. The Morgan fingerprint density at radius 3 is 1.91 bits per heavy atom. The predicted octanol–water partition coefficient (Wildman–Crippen LogP) is 0.404. The normalized spacial score (nSPS) is 16.5. The van der Waals surface area contributed by atoms with Crippen molar-refractivity contribution in [1.29, 1.82) is 0 Å². The van der Waals surface area contributed by atoms with Crippen LogP contribution < -0.4 is 5.73 Å². The van der Waals surface area contributed by atoms with Crippen molar-refractivity contribution in [1.82, 2.24) is 0 Å². The fraction of sp³-hybridized carbons (Fsp3) is 1.00. The number of nitrogens with two attached hydrogens (primary N) is 1. The quantitative estimate of drug-likeness (QED) is 0.682. The molecule has 0 aliphatic carbocycles. The predicted molar refractivity (Wildman–Crippen MR) is 47.1 cm³/mol. The summed E-state index contributed by atoms with van der Waals surface area (Å²) in [6, 6.07) is -0.0998. The highest BCUT2D eigenvalue weighted by Crippen LogP contribution is 2.20. The third-order valence-electron chi connectivity index (χ3n) is 1.87. The summed E-state index contributed by atoms with van der Waals surface area (Å²) >= 11 is 0. The summed E-state index contributed by atoms with van der Waals surface area (Å²) in [6.45, 7) is 5.54. The SMILES string of the molecule is C[C@H](N)C(C)(C)CS(C)(=O)=O. The van der Waals surface area contributed by atoms with E-state index in [-0.39, 0.29) is 17.2 Å². The third kappa shape index (κ3) is 4.37. The van der Waals surface area contributed by atoms with Crippen LogP contribution in [0.4, 0.5) is 0 Å². The van der Waals surface area contributed by atoms with Crippen molar-refractivity contribution in [3.05, 3.63) is 0 Å². The molecule has 0 aromatic carbocycles. The van der Waals surface area contributed by atoms with Crippen LogP contribution in [0.2, 0.25) is 0 Å². The Morgan fingerprint density at radius 1 is 1.45 bits per heavy atom. The van der Waals surface area contributed by atoms with Gasteiger partial charge >= 0.3 is 0 Å². The second-order valence-corrected chi connectivity index (χ2v) is 5.99. The minimum atomic E-state index is -2.91. The fourth-order valence-electron chi connectivity index (χ4n) is 0.807. The van der Waals surface area contributed by atoms with Crippen LogP contribution in [-0.2, 0) is 9.84 Å². The van der Waals surface area contributed by atoms with Crippen LogP contribution in [-0.4, -0.2) is 26.5 Å². The van der Waals surface area contributed by atoms with Crippen molar-refractivity contribution < 1.29 is 8.42 Å². The van der Waals surface area contributed by atoms with Crippen molar-refractivity contribution in [3.63, 3.8) is 0 Å². The van der Waals surface area contributed by atoms with Gasteiger partial charge in [0.1, 0.15) is 9.84 Å². The van der Waals surface area contributed by atoms with Crippen molar-refractivity contribution in [2.45, 2.75) is 26.8 Å². The first-order valence-corrected chi connectivity index (χ1v) is 5.64. The van der Waals surface area contributed by atoms with Crippen LogP contribution in [0.15, 0.2) is 0 Å². The van der Waals surface area contributed by atoms with Crippen LogP contribution in [0, 0.1) is 5.41 Å². The molecular weight excluding hydrogens is 162 g/mol. The van der Waals surface area contributed by atoms with Gasteiger partial charge in [-0.3, -0.25) is 0 Å². The Morgan fingerprint density at radius 2 is 1.82 bits per heavy atom. The molecule has 0 saturated carbocycles. The molecule has 0 fully saturated rings. The average Bonchev–Trinajstić information content (AvgIpc) is 1.56. The van der Waals surface area contributed by atoms with Gasteiger partial charge in [-0.2, -0.15) is 0 Å². The van der Waals surface area contributed by atoms with Gasteiger partial charge in [0.05, 0.1) is 5.75 Å². The summed E-state index contributed by atoms with van der Waals surface area (Å²) in [7, 11) is -2.91. The van der Waals surface area contributed by atoms with Gasteiger partial charge < -0.3 is 5.73 Å². The van der Waals surface area contributed by atoms with Gasteiger partial charge in [0, 0.05) is 12.3 Å². The van der Waals surface area contributed by atoms with Crippen molar-refractivity contribution >= 4 is 9.84 Å². The summed E-state index contributed by atoms with van der Waals surface area (Å²) < 4.78 is 21.8. The van der Waals surface area contributed by atoms with Crippen LogP contribution in [0.3, 0.4) is 0 Å². The maximum atomic E-state index is 10.9. The lowest BCUT2D eigenvalue weighted by Gasteiger charge is -2.27. The molecule has 0 aliphatic heterocycles. The van der Waals surface area contributed by atoms with Gasteiger partial charge in [-0.05, 0) is 12.3 Å². The maximum absolute atomic E-state index is 10.9. The lowest BCUT2D eigenvalue weighted by atomic mass is 9.88. The van der Waals surface area contributed by atoms with E-state index < -0.39 is 9.84 Å². The first-order valence-electron chi connectivity index (χ1n) is 3.58. The molecular formula is C7H17NO2S. The molecule has 68 valence electrons. The molecule has 0 aromatic rings. The first-order chi connectivity index (χ1) is 4.65. The van der Waals surface area contributed by atoms with Crippen molar-refractivity contribution in [3.8, 4) is 0 Å². The molecule has 0 aliphatic rings. The fourth-order valence-corrected chi connectivity index (χ4v) is 2.42. The van der Waals surface area contributed by atoms with Crippen LogP contribution >= 0.6 is 0 Å². The molecule has 0 spiro atoms. The molecule has 0 bridgehead atoms. The van der Waals surface area contributed by atoms with E-state index in [4.69, 9.17) is 5.73 Å². The van der Waals surface area contributed by atoms with E-state index in [1.807, 2.05) is 20.8 Å². The van der Waals surface area contributed by atoms with Crippen molar-refractivity contribution in [2.75, 3.05) is 12.0 Å². The van der Waals surface area contributed by atoms with Gasteiger partial charge in [0.15, 0.2) is 0 Å². The number of hydrogen-bond acceptors (Lipinski definition) is 3. The van der Waals surface area contributed by atoms with Gasteiger partial charge in [0.25, 0.3) is 0 Å². The lowest BCUT2D eigenvalue weighted by molar-refractivity contribution is 0.341. The minimum Gasteiger partial charge on any atom is -0.327 e. The highest BCUT2D eigenvalue weighted by molar-refractivity contribution is 7.90. The smallest absolute Gasteiger partial charge is 0.148 e. The third-order valence-corrected chi connectivity index (χ3v) is 3.14. The molecule has 4 heteroatoms. The molecule has 0 radical (unpaired) electrons. The Balaban J connectivity index is 4.38. The molecule has 0 rings (SSSR count). The minimum absolute atomic E-state index is 0.0998. The molecule has 3 nitrogen and oxygen atoms in total. The van der Waals surface area contributed by atoms with Crippen LogP contribution in [0.5, 0.6) is 0 Å². The maximum Gasteiger partial charge on any atom is 0.148 e. The zero-order valence-electron chi connectivity index (χ0n) is 7.59. The second-order valence-electron chi connectivity index (χ2n) is 3.85. The molecule has 0 saturated heterocycles. The largest absolute Gasteiger partial charge is 0.327 e. The highest BCUT2D eigenvalue weighted by atomic mass is 32.2. The summed E-state index contributed by atoms with van der Waals surface area (Å²) in [5.41, 5.74) is 5.29. The van der Waals surface area contributed by atoms with Gasteiger partial charge in [-0.1, -0.05) is 13.8 Å². The summed E-state index contributed by atoms with van der Waals surface area (Å²) in [4.78, 5) is 0. The van der Waals surface area contributed by atoms with Gasteiger partial charge in [-0.25, -0.2) is 8.42 Å². The standard InChI is InChI=1S/C7H17NO2S/c1-6(8)7(2,3)5-11(4,9)10/h6H,5,8H2,1-4H3/t6-/m0/s1. The molecule has 0 amide bonds. The van der Waals surface area contributed by atoms with Gasteiger partial charge in [0.2, 0.25) is 0 Å². The van der Waals surface area contributed by atoms with Crippen LogP contribution in [0.1, 0.15) is 20.8 Å².